The number of amides is 1. The van der Waals surface area contributed by atoms with E-state index in [9.17, 15) is 4.79 Å². The molecule has 1 saturated heterocycles. The molecule has 1 amide bonds. The van der Waals surface area contributed by atoms with Crippen LogP contribution in [0.25, 0.3) is 0 Å². The van der Waals surface area contributed by atoms with Crippen molar-refractivity contribution < 1.29 is 9.63 Å². The fourth-order valence-electron chi connectivity index (χ4n) is 2.65. The van der Waals surface area contributed by atoms with Gasteiger partial charge < -0.3 is 15.9 Å². The highest BCUT2D eigenvalue weighted by atomic mass is 16.6. The average Bonchev–Trinajstić information content (AvgIpc) is 2.56. The molecule has 2 rings (SSSR count). The molecule has 0 radical (unpaired) electrons. The van der Waals surface area contributed by atoms with Crippen molar-refractivity contribution >= 4 is 11.7 Å². The van der Waals surface area contributed by atoms with Gasteiger partial charge >= 0.3 is 0 Å². The number of carbonyl (C=O) groups is 1. The SMILES string of the molecule is CC1CCCCN1C/C(N)=N/OCC(=O)NCc1ccccc1. The standard InChI is InChI=1S/C17H26N4O2/c1-14-7-5-6-10-21(14)12-16(18)20-23-13-17(22)19-11-15-8-3-2-4-9-15/h2-4,8-9,14H,5-7,10-13H2,1H3,(H2,18,20)(H,19,22). The zero-order valence-corrected chi connectivity index (χ0v) is 13.7. The summed E-state index contributed by atoms with van der Waals surface area (Å²) in [6.45, 7) is 4.18. The van der Waals surface area contributed by atoms with Crippen molar-refractivity contribution in [2.75, 3.05) is 19.7 Å². The number of benzene rings is 1. The van der Waals surface area contributed by atoms with E-state index < -0.39 is 0 Å². The van der Waals surface area contributed by atoms with Crippen LogP contribution in [0.15, 0.2) is 35.5 Å². The molecule has 1 aromatic carbocycles. The molecule has 0 aliphatic carbocycles. The van der Waals surface area contributed by atoms with E-state index in [4.69, 9.17) is 10.6 Å². The quantitative estimate of drug-likeness (QED) is 0.453. The molecule has 0 aromatic heterocycles. The first-order valence-electron chi connectivity index (χ1n) is 8.14. The number of carbonyl (C=O) groups excluding carboxylic acids is 1. The monoisotopic (exact) mass is 318 g/mol. The first-order chi connectivity index (χ1) is 11.1. The molecular formula is C17H26N4O2. The molecular weight excluding hydrogens is 292 g/mol. The third-order valence-corrected chi connectivity index (χ3v) is 4.02. The molecule has 0 spiro atoms. The maximum atomic E-state index is 11.7. The summed E-state index contributed by atoms with van der Waals surface area (Å²) in [5, 5.41) is 6.62. The van der Waals surface area contributed by atoms with Gasteiger partial charge in [0.15, 0.2) is 12.4 Å². The minimum Gasteiger partial charge on any atom is -0.384 e. The van der Waals surface area contributed by atoms with E-state index >= 15 is 0 Å². The van der Waals surface area contributed by atoms with E-state index in [1.807, 2.05) is 30.3 Å². The van der Waals surface area contributed by atoms with Crippen molar-refractivity contribution in [1.29, 1.82) is 0 Å². The molecule has 1 atom stereocenters. The lowest BCUT2D eigenvalue weighted by atomic mass is 10.0. The first-order valence-corrected chi connectivity index (χ1v) is 8.14. The molecule has 1 fully saturated rings. The van der Waals surface area contributed by atoms with Gasteiger partial charge in [0.05, 0.1) is 6.54 Å². The zero-order valence-electron chi connectivity index (χ0n) is 13.7. The smallest absolute Gasteiger partial charge is 0.261 e. The Balaban J connectivity index is 1.65. The molecule has 1 aliphatic rings. The van der Waals surface area contributed by atoms with E-state index in [0.717, 1.165) is 12.1 Å². The first kappa shape index (κ1) is 17.3. The second-order valence-electron chi connectivity index (χ2n) is 5.93. The molecule has 126 valence electrons. The molecule has 6 nitrogen and oxygen atoms in total. The van der Waals surface area contributed by atoms with Crippen LogP contribution in [0.1, 0.15) is 31.7 Å². The Morgan fingerprint density at radius 2 is 2.17 bits per heavy atom. The molecule has 1 aromatic rings. The Morgan fingerprint density at radius 3 is 2.91 bits per heavy atom. The van der Waals surface area contributed by atoms with E-state index in [1.54, 1.807) is 0 Å². The van der Waals surface area contributed by atoms with Crippen LogP contribution in [0.3, 0.4) is 0 Å². The van der Waals surface area contributed by atoms with E-state index in [0.29, 0.717) is 25.0 Å². The molecule has 23 heavy (non-hydrogen) atoms. The summed E-state index contributed by atoms with van der Waals surface area (Å²) in [4.78, 5) is 19.0. The van der Waals surface area contributed by atoms with Crippen LogP contribution in [-0.4, -0.2) is 42.4 Å². The maximum Gasteiger partial charge on any atom is 0.261 e. The van der Waals surface area contributed by atoms with Crippen molar-refractivity contribution in [1.82, 2.24) is 10.2 Å². The van der Waals surface area contributed by atoms with Crippen LogP contribution in [0, 0.1) is 0 Å². The number of nitrogens with zero attached hydrogens (tertiary/aromatic N) is 2. The summed E-state index contributed by atoms with van der Waals surface area (Å²) in [6, 6.07) is 10.2. The minimum absolute atomic E-state index is 0.122. The van der Waals surface area contributed by atoms with Crippen LogP contribution in [0.2, 0.25) is 0 Å². The van der Waals surface area contributed by atoms with Gasteiger partial charge in [-0.1, -0.05) is 41.9 Å². The van der Waals surface area contributed by atoms with Gasteiger partial charge in [0.1, 0.15) is 0 Å². The lowest BCUT2D eigenvalue weighted by Crippen LogP contribution is -2.43. The Kier molecular flexibility index (Phi) is 6.87. The third-order valence-electron chi connectivity index (χ3n) is 4.02. The van der Waals surface area contributed by atoms with Crippen molar-refractivity contribution in [3.63, 3.8) is 0 Å². The lowest BCUT2D eigenvalue weighted by Gasteiger charge is -2.32. The number of likely N-dealkylation sites (tertiary alicyclic amines) is 1. The van der Waals surface area contributed by atoms with Crippen LogP contribution >= 0.6 is 0 Å². The lowest BCUT2D eigenvalue weighted by molar-refractivity contribution is -0.125. The van der Waals surface area contributed by atoms with E-state index in [2.05, 4.69) is 22.3 Å². The van der Waals surface area contributed by atoms with Gasteiger partial charge in [0, 0.05) is 12.6 Å². The summed E-state index contributed by atoms with van der Waals surface area (Å²) in [5.41, 5.74) is 6.91. The average molecular weight is 318 g/mol. The molecule has 3 N–H and O–H groups in total. The van der Waals surface area contributed by atoms with Crippen LogP contribution in [-0.2, 0) is 16.2 Å². The Labute approximate surface area is 137 Å². The maximum absolute atomic E-state index is 11.7. The minimum atomic E-state index is -0.211. The van der Waals surface area contributed by atoms with Crippen molar-refractivity contribution in [3.8, 4) is 0 Å². The summed E-state index contributed by atoms with van der Waals surface area (Å²) >= 11 is 0. The number of nitrogens with two attached hydrogens (primary N) is 1. The van der Waals surface area contributed by atoms with E-state index in [1.165, 1.54) is 19.3 Å². The van der Waals surface area contributed by atoms with Gasteiger partial charge in [-0.05, 0) is 31.9 Å². The number of amidine groups is 1. The van der Waals surface area contributed by atoms with Gasteiger partial charge in [-0.25, -0.2) is 0 Å². The van der Waals surface area contributed by atoms with Crippen molar-refractivity contribution in [2.45, 2.75) is 38.8 Å². The molecule has 1 unspecified atom stereocenters. The van der Waals surface area contributed by atoms with Crippen LogP contribution in [0.5, 0.6) is 0 Å². The highest BCUT2D eigenvalue weighted by Gasteiger charge is 2.18. The fourth-order valence-corrected chi connectivity index (χ4v) is 2.65. The predicted octanol–water partition coefficient (Wildman–Crippen LogP) is 1.47. The number of piperidine rings is 1. The van der Waals surface area contributed by atoms with E-state index in [-0.39, 0.29) is 12.5 Å². The van der Waals surface area contributed by atoms with Gasteiger partial charge in [-0.15, -0.1) is 0 Å². The molecule has 1 heterocycles. The highest BCUT2D eigenvalue weighted by molar-refractivity contribution is 5.82. The third kappa shape index (κ3) is 6.28. The van der Waals surface area contributed by atoms with Gasteiger partial charge in [-0.3, -0.25) is 9.69 Å². The Bertz CT molecular complexity index is 519. The zero-order chi connectivity index (χ0) is 16.5. The van der Waals surface area contributed by atoms with Gasteiger partial charge in [0.2, 0.25) is 0 Å². The molecule has 6 heteroatoms. The van der Waals surface area contributed by atoms with Crippen LogP contribution in [0.4, 0.5) is 0 Å². The summed E-state index contributed by atoms with van der Waals surface area (Å²) in [6.07, 6.45) is 3.66. The largest absolute Gasteiger partial charge is 0.384 e. The second kappa shape index (κ2) is 9.15. The molecule has 0 bridgehead atoms. The number of nitrogens with one attached hydrogen (secondary N) is 1. The topological polar surface area (TPSA) is 79.9 Å². The predicted molar refractivity (Wildman–Crippen MR) is 90.7 cm³/mol. The fraction of sp³-hybridized carbons (Fsp3) is 0.529. The number of rotatable bonds is 7. The summed E-state index contributed by atoms with van der Waals surface area (Å²) < 4.78 is 0. The van der Waals surface area contributed by atoms with Gasteiger partial charge in [-0.2, -0.15) is 0 Å². The van der Waals surface area contributed by atoms with Gasteiger partial charge in [0.25, 0.3) is 5.91 Å². The number of oxime groups is 1. The second-order valence-corrected chi connectivity index (χ2v) is 5.93. The Hall–Kier alpha value is -2.08. The summed E-state index contributed by atoms with van der Waals surface area (Å²) in [5.74, 6) is 0.200. The van der Waals surface area contributed by atoms with Crippen molar-refractivity contribution in [2.24, 2.45) is 10.9 Å². The van der Waals surface area contributed by atoms with Crippen molar-refractivity contribution in [3.05, 3.63) is 35.9 Å². The number of hydrogen-bond donors (Lipinski definition) is 2. The normalized spacial score (nSPS) is 19.3. The number of hydrogen-bond acceptors (Lipinski definition) is 4. The Morgan fingerprint density at radius 1 is 1.39 bits per heavy atom. The highest BCUT2D eigenvalue weighted by Crippen LogP contribution is 2.15. The molecule has 1 aliphatic heterocycles. The molecule has 0 saturated carbocycles. The van der Waals surface area contributed by atoms with Crippen LogP contribution < -0.4 is 11.1 Å². The summed E-state index contributed by atoms with van der Waals surface area (Å²) in [7, 11) is 0.